The lowest BCUT2D eigenvalue weighted by Gasteiger charge is -2.06. The molecule has 3 rings (SSSR count). The fourth-order valence-electron chi connectivity index (χ4n) is 1.88. The lowest BCUT2D eigenvalue weighted by atomic mass is 10.2. The summed E-state index contributed by atoms with van der Waals surface area (Å²) in [6, 6.07) is 16.6. The number of carbonyl (C=O) groups excluding carboxylic acids is 1. The van der Waals surface area contributed by atoms with Crippen LogP contribution in [0.3, 0.4) is 0 Å². The van der Waals surface area contributed by atoms with E-state index in [2.05, 4.69) is 15.6 Å². The monoisotopic (exact) mass is 329 g/mol. The zero-order valence-corrected chi connectivity index (χ0v) is 13.0. The molecule has 3 aromatic rings. The first kappa shape index (κ1) is 14.6. The Balaban J connectivity index is 1.68. The van der Waals surface area contributed by atoms with Gasteiger partial charge in [0, 0.05) is 6.20 Å². The summed E-state index contributed by atoms with van der Waals surface area (Å²) in [7, 11) is 0. The highest BCUT2D eigenvalue weighted by molar-refractivity contribution is 7.19. The molecule has 0 aliphatic rings. The molecule has 1 aromatic heterocycles. The molecule has 0 aliphatic carbocycles. The first-order valence-electron chi connectivity index (χ1n) is 6.56. The normalized spacial score (nSPS) is 10.2. The summed E-state index contributed by atoms with van der Waals surface area (Å²) in [6.07, 6.45) is 1.74. The van der Waals surface area contributed by atoms with Gasteiger partial charge in [-0.1, -0.05) is 65.4 Å². The molecule has 0 unspecified atom stereocenters. The fraction of sp³-hybridized carbons (Fsp3) is 0. The van der Waals surface area contributed by atoms with E-state index in [1.165, 1.54) is 11.3 Å². The molecule has 0 atom stereocenters. The van der Waals surface area contributed by atoms with E-state index in [1.54, 1.807) is 30.5 Å². The largest absolute Gasteiger partial charge is 0.325 e. The van der Waals surface area contributed by atoms with Gasteiger partial charge in [0.05, 0.1) is 15.6 Å². The number of para-hydroxylation sites is 1. The summed E-state index contributed by atoms with van der Waals surface area (Å²) in [5.41, 5.74) is 1.63. The second-order valence-corrected chi connectivity index (χ2v) is 5.89. The van der Waals surface area contributed by atoms with Gasteiger partial charge in [-0.2, -0.15) is 0 Å². The van der Waals surface area contributed by atoms with Gasteiger partial charge in [0.25, 0.3) is 0 Å². The molecule has 0 aliphatic heterocycles. The second kappa shape index (κ2) is 6.60. The zero-order valence-electron chi connectivity index (χ0n) is 11.4. The number of benzene rings is 2. The molecule has 2 amide bonds. The molecule has 0 spiro atoms. The third-order valence-corrected chi connectivity index (χ3v) is 4.20. The number of hydrogen-bond acceptors (Lipinski definition) is 3. The number of amides is 2. The van der Waals surface area contributed by atoms with Crippen molar-refractivity contribution in [1.82, 2.24) is 4.98 Å². The van der Waals surface area contributed by atoms with Crippen molar-refractivity contribution in [3.8, 4) is 10.4 Å². The van der Waals surface area contributed by atoms with Gasteiger partial charge in [0.15, 0.2) is 5.13 Å². The van der Waals surface area contributed by atoms with Crippen molar-refractivity contribution in [1.29, 1.82) is 0 Å². The Labute approximate surface area is 136 Å². The van der Waals surface area contributed by atoms with E-state index >= 15 is 0 Å². The highest BCUT2D eigenvalue weighted by Crippen LogP contribution is 2.28. The van der Waals surface area contributed by atoms with Crippen LogP contribution in [0.1, 0.15) is 0 Å². The van der Waals surface area contributed by atoms with Crippen LogP contribution in [0, 0.1) is 0 Å². The van der Waals surface area contributed by atoms with Crippen LogP contribution in [-0.2, 0) is 0 Å². The third-order valence-electron chi connectivity index (χ3n) is 2.91. The van der Waals surface area contributed by atoms with Gasteiger partial charge in [-0.15, -0.1) is 0 Å². The van der Waals surface area contributed by atoms with Crippen LogP contribution in [0.2, 0.25) is 5.02 Å². The molecule has 6 heteroatoms. The maximum atomic E-state index is 12.0. The number of nitrogens with zero attached hydrogens (tertiary/aromatic N) is 1. The molecule has 1 heterocycles. The maximum absolute atomic E-state index is 12.0. The molecule has 0 bridgehead atoms. The average Bonchev–Trinajstić information content (AvgIpc) is 2.99. The van der Waals surface area contributed by atoms with Crippen molar-refractivity contribution < 1.29 is 4.79 Å². The predicted molar refractivity (Wildman–Crippen MR) is 91.6 cm³/mol. The summed E-state index contributed by atoms with van der Waals surface area (Å²) in [5.74, 6) is 0. The summed E-state index contributed by atoms with van der Waals surface area (Å²) >= 11 is 7.41. The van der Waals surface area contributed by atoms with Crippen molar-refractivity contribution in [2.24, 2.45) is 0 Å². The lowest BCUT2D eigenvalue weighted by Crippen LogP contribution is -2.19. The average molecular weight is 330 g/mol. The molecule has 110 valence electrons. The van der Waals surface area contributed by atoms with E-state index < -0.39 is 0 Å². The number of halogens is 1. The minimum atomic E-state index is -0.373. The summed E-state index contributed by atoms with van der Waals surface area (Å²) in [6.45, 7) is 0. The first-order chi connectivity index (χ1) is 10.7. The van der Waals surface area contributed by atoms with Gasteiger partial charge in [0.1, 0.15) is 0 Å². The van der Waals surface area contributed by atoms with Gasteiger partial charge in [-0.3, -0.25) is 5.32 Å². The maximum Gasteiger partial charge on any atom is 0.325 e. The van der Waals surface area contributed by atoms with Crippen LogP contribution in [-0.4, -0.2) is 11.0 Å². The molecule has 2 aromatic carbocycles. The van der Waals surface area contributed by atoms with Crippen LogP contribution in [0.5, 0.6) is 0 Å². The number of aromatic nitrogens is 1. The summed E-state index contributed by atoms with van der Waals surface area (Å²) < 4.78 is 0. The number of carbonyl (C=O) groups is 1. The number of hydrogen-bond donors (Lipinski definition) is 2. The molecule has 22 heavy (non-hydrogen) atoms. The standard InChI is InChI=1S/C16H12ClN3OS/c17-12-8-4-5-9-13(12)19-15(21)20-16-18-10-14(22-16)11-6-2-1-3-7-11/h1-10H,(H2,18,19,20,21). The molecule has 0 saturated carbocycles. The number of rotatable bonds is 3. The lowest BCUT2D eigenvalue weighted by molar-refractivity contribution is 0.262. The van der Waals surface area contributed by atoms with Crippen molar-refractivity contribution in [3.05, 3.63) is 65.8 Å². The molecule has 2 N–H and O–H groups in total. The van der Waals surface area contributed by atoms with Gasteiger partial charge in [0.2, 0.25) is 0 Å². The predicted octanol–water partition coefficient (Wildman–Crippen LogP) is 5.11. The molecular formula is C16H12ClN3OS. The Morgan fingerprint density at radius 2 is 1.73 bits per heavy atom. The van der Waals surface area contributed by atoms with Crippen molar-refractivity contribution in [3.63, 3.8) is 0 Å². The third kappa shape index (κ3) is 3.44. The topological polar surface area (TPSA) is 54.0 Å². The van der Waals surface area contributed by atoms with Gasteiger partial charge in [-0.05, 0) is 17.7 Å². The Kier molecular flexibility index (Phi) is 4.37. The van der Waals surface area contributed by atoms with Crippen LogP contribution < -0.4 is 10.6 Å². The second-order valence-electron chi connectivity index (χ2n) is 4.45. The van der Waals surface area contributed by atoms with Crippen LogP contribution in [0.4, 0.5) is 15.6 Å². The van der Waals surface area contributed by atoms with E-state index in [0.29, 0.717) is 15.8 Å². The van der Waals surface area contributed by atoms with Crippen LogP contribution in [0.25, 0.3) is 10.4 Å². The van der Waals surface area contributed by atoms with E-state index in [0.717, 1.165) is 10.4 Å². The van der Waals surface area contributed by atoms with Crippen molar-refractivity contribution in [2.75, 3.05) is 10.6 Å². The molecular weight excluding hydrogens is 318 g/mol. The zero-order chi connectivity index (χ0) is 15.4. The Morgan fingerprint density at radius 3 is 2.50 bits per heavy atom. The molecule has 0 radical (unpaired) electrons. The fourth-order valence-corrected chi connectivity index (χ4v) is 2.88. The minimum Gasteiger partial charge on any atom is -0.306 e. The van der Waals surface area contributed by atoms with E-state index in [-0.39, 0.29) is 6.03 Å². The number of anilines is 2. The van der Waals surface area contributed by atoms with Gasteiger partial charge < -0.3 is 5.32 Å². The SMILES string of the molecule is O=C(Nc1ncc(-c2ccccc2)s1)Nc1ccccc1Cl. The van der Waals surface area contributed by atoms with E-state index in [1.807, 2.05) is 30.3 Å². The van der Waals surface area contributed by atoms with E-state index in [4.69, 9.17) is 11.6 Å². The first-order valence-corrected chi connectivity index (χ1v) is 7.75. The van der Waals surface area contributed by atoms with Crippen LogP contribution >= 0.6 is 22.9 Å². The number of nitrogens with one attached hydrogen (secondary N) is 2. The number of thiazole rings is 1. The van der Waals surface area contributed by atoms with Gasteiger partial charge >= 0.3 is 6.03 Å². The Hall–Kier alpha value is -2.37. The minimum absolute atomic E-state index is 0.373. The quantitative estimate of drug-likeness (QED) is 0.701. The van der Waals surface area contributed by atoms with Crippen molar-refractivity contribution >= 4 is 39.8 Å². The van der Waals surface area contributed by atoms with Crippen molar-refractivity contribution in [2.45, 2.75) is 0 Å². The highest BCUT2D eigenvalue weighted by Gasteiger charge is 2.09. The number of urea groups is 1. The van der Waals surface area contributed by atoms with Crippen LogP contribution in [0.15, 0.2) is 60.8 Å². The molecule has 0 saturated heterocycles. The molecule has 4 nitrogen and oxygen atoms in total. The summed E-state index contributed by atoms with van der Waals surface area (Å²) in [4.78, 5) is 17.2. The Morgan fingerprint density at radius 1 is 1.00 bits per heavy atom. The summed E-state index contributed by atoms with van der Waals surface area (Å²) in [5, 5.41) is 6.42. The molecule has 0 fully saturated rings. The smallest absolute Gasteiger partial charge is 0.306 e. The van der Waals surface area contributed by atoms with Gasteiger partial charge in [-0.25, -0.2) is 9.78 Å². The van der Waals surface area contributed by atoms with E-state index in [9.17, 15) is 4.79 Å². The highest BCUT2D eigenvalue weighted by atomic mass is 35.5. The Bertz CT molecular complexity index is 789.